The zero-order chi connectivity index (χ0) is 29.0. The Bertz CT molecular complexity index is 2480. The lowest BCUT2D eigenvalue weighted by molar-refractivity contribution is 0.673. The lowest BCUT2D eigenvalue weighted by atomic mass is 9.94. The summed E-state index contributed by atoms with van der Waals surface area (Å²) >= 11 is 0. The van der Waals surface area contributed by atoms with Crippen molar-refractivity contribution in [3.63, 3.8) is 0 Å². The maximum absolute atomic E-state index is 6.53. The highest BCUT2D eigenvalue weighted by atomic mass is 16.3. The van der Waals surface area contributed by atoms with Gasteiger partial charge in [0.05, 0.1) is 0 Å². The van der Waals surface area contributed by atoms with Gasteiger partial charge in [-0.2, -0.15) is 0 Å². The summed E-state index contributed by atoms with van der Waals surface area (Å²) in [7, 11) is 0. The zero-order valence-corrected chi connectivity index (χ0v) is 23.9. The molecule has 2 heteroatoms. The highest BCUT2D eigenvalue weighted by Gasteiger charge is 2.17. The molecule has 9 rings (SSSR count). The van der Waals surface area contributed by atoms with Gasteiger partial charge >= 0.3 is 0 Å². The third-order valence-electron chi connectivity index (χ3n) is 8.81. The lowest BCUT2D eigenvalue weighted by Gasteiger charge is -2.26. The third kappa shape index (κ3) is 3.89. The fourth-order valence-corrected chi connectivity index (χ4v) is 6.73. The normalized spacial score (nSPS) is 11.6. The lowest BCUT2D eigenvalue weighted by Crippen LogP contribution is -2.09. The number of hydrogen-bond donors (Lipinski definition) is 0. The van der Waals surface area contributed by atoms with Crippen LogP contribution in [0.3, 0.4) is 0 Å². The first-order valence-electron chi connectivity index (χ1n) is 15.0. The van der Waals surface area contributed by atoms with Gasteiger partial charge in [-0.05, 0) is 81.2 Å². The number of hydrogen-bond acceptors (Lipinski definition) is 2. The van der Waals surface area contributed by atoms with E-state index in [9.17, 15) is 0 Å². The Hall–Kier alpha value is -5.86. The van der Waals surface area contributed by atoms with E-state index in [1.807, 2.05) is 6.07 Å². The van der Waals surface area contributed by atoms with E-state index in [0.717, 1.165) is 39.0 Å². The van der Waals surface area contributed by atoms with Gasteiger partial charge < -0.3 is 9.32 Å². The van der Waals surface area contributed by atoms with E-state index in [-0.39, 0.29) is 0 Å². The first kappa shape index (κ1) is 24.7. The van der Waals surface area contributed by atoms with Crippen molar-refractivity contribution in [2.75, 3.05) is 4.90 Å². The molecule has 0 aliphatic rings. The number of furan rings is 1. The second kappa shape index (κ2) is 9.86. The van der Waals surface area contributed by atoms with Gasteiger partial charge in [0.25, 0.3) is 0 Å². The molecule has 0 bridgehead atoms. The van der Waals surface area contributed by atoms with E-state index >= 15 is 0 Å². The van der Waals surface area contributed by atoms with Crippen LogP contribution in [0.25, 0.3) is 65.4 Å². The van der Waals surface area contributed by atoms with Crippen molar-refractivity contribution in [3.8, 4) is 11.1 Å². The van der Waals surface area contributed by atoms with Crippen molar-refractivity contribution in [2.45, 2.75) is 0 Å². The smallest absolute Gasteiger partial charge is 0.143 e. The van der Waals surface area contributed by atoms with Crippen LogP contribution in [0, 0.1) is 0 Å². The first-order chi connectivity index (χ1) is 21.8. The van der Waals surface area contributed by atoms with Crippen LogP contribution in [0.15, 0.2) is 168 Å². The second-order valence-corrected chi connectivity index (χ2v) is 11.4. The van der Waals surface area contributed by atoms with Crippen LogP contribution in [0.1, 0.15) is 0 Å². The minimum absolute atomic E-state index is 0.923. The van der Waals surface area contributed by atoms with Crippen LogP contribution in [-0.4, -0.2) is 0 Å². The van der Waals surface area contributed by atoms with Crippen molar-refractivity contribution < 1.29 is 4.42 Å². The van der Waals surface area contributed by atoms with Gasteiger partial charge in [-0.25, -0.2) is 0 Å². The average Bonchev–Trinajstić information content (AvgIpc) is 3.48. The molecule has 206 valence electrons. The molecule has 0 fully saturated rings. The molecule has 0 saturated carbocycles. The van der Waals surface area contributed by atoms with Gasteiger partial charge in [-0.15, -0.1) is 0 Å². The Labute approximate surface area is 255 Å². The standard InChI is InChI=1S/C42H27NO/c1-3-9-28(10-4-1)29-19-22-34(23-20-29)43(33-11-5-2-6-12-33)35-24-26-36-32(27-35)18-17-30-15-16-31-21-25-38-37-13-7-8-14-39(37)44-42(38)41(31)40(30)36/h1-27H. The molecule has 9 aromatic rings. The minimum atomic E-state index is 0.923. The Morgan fingerprint density at radius 3 is 1.73 bits per heavy atom. The van der Waals surface area contributed by atoms with Crippen molar-refractivity contribution in [3.05, 3.63) is 164 Å². The van der Waals surface area contributed by atoms with E-state index in [1.54, 1.807) is 0 Å². The number of rotatable bonds is 4. The van der Waals surface area contributed by atoms with Gasteiger partial charge in [0.2, 0.25) is 0 Å². The van der Waals surface area contributed by atoms with Gasteiger partial charge in [0.1, 0.15) is 11.2 Å². The molecule has 0 N–H and O–H groups in total. The van der Waals surface area contributed by atoms with Gasteiger partial charge in [0, 0.05) is 38.6 Å². The van der Waals surface area contributed by atoms with E-state index in [0.29, 0.717) is 0 Å². The maximum atomic E-state index is 6.53. The quantitative estimate of drug-likeness (QED) is 0.199. The molecular formula is C42H27NO. The van der Waals surface area contributed by atoms with Crippen LogP contribution < -0.4 is 4.90 Å². The predicted molar refractivity (Wildman–Crippen MR) is 186 cm³/mol. The third-order valence-corrected chi connectivity index (χ3v) is 8.81. The van der Waals surface area contributed by atoms with Crippen molar-refractivity contribution in [1.82, 2.24) is 0 Å². The molecule has 0 aliphatic heterocycles. The molecule has 0 unspecified atom stereocenters. The summed E-state index contributed by atoms with van der Waals surface area (Å²) in [4.78, 5) is 2.33. The van der Waals surface area contributed by atoms with Crippen LogP contribution in [0.5, 0.6) is 0 Å². The molecular weight excluding hydrogens is 534 g/mol. The van der Waals surface area contributed by atoms with Gasteiger partial charge in [-0.1, -0.05) is 115 Å². The summed E-state index contributed by atoms with van der Waals surface area (Å²) in [5.74, 6) is 0. The zero-order valence-electron chi connectivity index (χ0n) is 23.9. The Morgan fingerprint density at radius 2 is 0.932 bits per heavy atom. The van der Waals surface area contributed by atoms with E-state index < -0.39 is 0 Å². The van der Waals surface area contributed by atoms with Crippen LogP contribution in [-0.2, 0) is 0 Å². The molecule has 2 nitrogen and oxygen atoms in total. The predicted octanol–water partition coefficient (Wildman–Crippen LogP) is 12.2. The van der Waals surface area contributed by atoms with Crippen molar-refractivity contribution in [1.29, 1.82) is 0 Å². The van der Waals surface area contributed by atoms with Crippen LogP contribution in [0.2, 0.25) is 0 Å². The van der Waals surface area contributed by atoms with Gasteiger partial charge in [-0.3, -0.25) is 0 Å². The summed E-state index contributed by atoms with van der Waals surface area (Å²) in [6.45, 7) is 0. The molecule has 1 aromatic heterocycles. The number of benzene rings is 8. The number of fused-ring (bicyclic) bond motifs is 9. The summed E-state index contributed by atoms with van der Waals surface area (Å²) in [6.07, 6.45) is 0. The van der Waals surface area contributed by atoms with Crippen LogP contribution in [0.4, 0.5) is 17.1 Å². The highest BCUT2D eigenvalue weighted by Crippen LogP contribution is 2.42. The molecule has 0 radical (unpaired) electrons. The summed E-state index contributed by atoms with van der Waals surface area (Å²) < 4.78 is 6.53. The second-order valence-electron chi connectivity index (χ2n) is 11.4. The SMILES string of the molecule is c1ccc(-c2ccc(N(c3ccccc3)c3ccc4c(ccc5ccc6ccc7c8ccccc8oc7c6c54)c3)cc2)cc1. The maximum Gasteiger partial charge on any atom is 0.143 e. The van der Waals surface area contributed by atoms with Gasteiger partial charge in [0.15, 0.2) is 0 Å². The van der Waals surface area contributed by atoms with Crippen molar-refractivity contribution in [2.24, 2.45) is 0 Å². The summed E-state index contributed by atoms with van der Waals surface area (Å²) in [5.41, 5.74) is 7.65. The molecule has 0 amide bonds. The molecule has 0 spiro atoms. The van der Waals surface area contributed by atoms with E-state index in [4.69, 9.17) is 4.42 Å². The topological polar surface area (TPSA) is 16.4 Å². The number of anilines is 3. The molecule has 0 aliphatic carbocycles. The molecule has 0 saturated heterocycles. The number of nitrogens with zero attached hydrogens (tertiary/aromatic N) is 1. The molecule has 44 heavy (non-hydrogen) atoms. The summed E-state index contributed by atoms with van der Waals surface area (Å²) in [5, 5.41) is 9.52. The average molecular weight is 562 g/mol. The van der Waals surface area contributed by atoms with Crippen LogP contribution >= 0.6 is 0 Å². The first-order valence-corrected chi connectivity index (χ1v) is 15.0. The fraction of sp³-hybridized carbons (Fsp3) is 0. The minimum Gasteiger partial charge on any atom is -0.455 e. The Balaban J connectivity index is 1.25. The molecule has 1 heterocycles. The van der Waals surface area contributed by atoms with Crippen molar-refractivity contribution >= 4 is 71.3 Å². The van der Waals surface area contributed by atoms with E-state index in [2.05, 4.69) is 163 Å². The highest BCUT2D eigenvalue weighted by molar-refractivity contribution is 6.28. The Morgan fingerprint density at radius 1 is 0.364 bits per heavy atom. The number of para-hydroxylation sites is 2. The van der Waals surface area contributed by atoms with E-state index in [1.165, 1.54) is 43.4 Å². The fourth-order valence-electron chi connectivity index (χ4n) is 6.73. The monoisotopic (exact) mass is 561 g/mol. The molecule has 8 aromatic carbocycles. The largest absolute Gasteiger partial charge is 0.455 e. The summed E-state index contributed by atoms with van der Waals surface area (Å²) in [6, 6.07) is 58.5. The molecule has 0 atom stereocenters. The Kier molecular flexibility index (Phi) is 5.54.